The van der Waals surface area contributed by atoms with Crippen LogP contribution in [0.3, 0.4) is 0 Å². The Morgan fingerprint density at radius 1 is 1.45 bits per heavy atom. The van der Waals surface area contributed by atoms with E-state index in [-0.39, 0.29) is 37.3 Å². The molecule has 2 aliphatic rings. The summed E-state index contributed by atoms with van der Waals surface area (Å²) in [6.07, 6.45) is 1.86. The Kier molecular flexibility index (Phi) is 3.11. The number of carbonyl (C=O) groups excluding carboxylic acids is 1. The van der Waals surface area contributed by atoms with Crippen LogP contribution in [0.15, 0.2) is 17.1 Å². The number of H-pyrrole nitrogens is 1. The molecule has 1 aromatic heterocycles. The van der Waals surface area contributed by atoms with Gasteiger partial charge in [0.05, 0.1) is 6.54 Å². The predicted molar refractivity (Wildman–Crippen MR) is 68.5 cm³/mol. The maximum Gasteiger partial charge on any atom is 0.253 e. The number of halogens is 2. The number of nitrogens with one attached hydrogen (secondary N) is 1. The lowest BCUT2D eigenvalue weighted by Crippen LogP contribution is -2.41. The van der Waals surface area contributed by atoms with Crippen LogP contribution in [0.25, 0.3) is 0 Å². The van der Waals surface area contributed by atoms with Crippen LogP contribution in [-0.4, -0.2) is 28.3 Å². The fourth-order valence-corrected chi connectivity index (χ4v) is 3.09. The Labute approximate surface area is 114 Å². The van der Waals surface area contributed by atoms with Crippen LogP contribution in [0.4, 0.5) is 8.78 Å². The van der Waals surface area contributed by atoms with E-state index in [0.29, 0.717) is 18.5 Å². The molecule has 108 valence electrons. The Morgan fingerprint density at radius 3 is 2.95 bits per heavy atom. The van der Waals surface area contributed by atoms with Crippen LogP contribution in [0.1, 0.15) is 30.4 Å². The summed E-state index contributed by atoms with van der Waals surface area (Å²) in [6, 6.07) is 1.84. The van der Waals surface area contributed by atoms with Crippen LogP contribution >= 0.6 is 0 Å². The van der Waals surface area contributed by atoms with Gasteiger partial charge in [-0.15, -0.1) is 0 Å². The lowest BCUT2D eigenvalue weighted by atomic mass is 9.99. The van der Waals surface area contributed by atoms with E-state index in [2.05, 4.69) is 4.98 Å². The first-order valence-corrected chi connectivity index (χ1v) is 6.82. The third kappa shape index (κ3) is 2.34. The number of aromatic amines is 1. The largest absolute Gasteiger partial charge is 0.338 e. The van der Waals surface area contributed by atoms with Crippen molar-refractivity contribution < 1.29 is 13.6 Å². The molecule has 2 heterocycles. The van der Waals surface area contributed by atoms with Crippen LogP contribution in [0, 0.1) is 5.92 Å². The molecule has 1 aliphatic carbocycles. The normalized spacial score (nSPS) is 24.5. The molecule has 3 rings (SSSR count). The minimum atomic E-state index is -2.72. The first-order chi connectivity index (χ1) is 9.46. The molecule has 6 heteroatoms. The van der Waals surface area contributed by atoms with E-state index in [1.807, 2.05) is 6.07 Å². The van der Waals surface area contributed by atoms with Crippen molar-refractivity contribution in [2.75, 3.05) is 6.54 Å². The number of carbonyl (C=O) groups is 1. The minimum Gasteiger partial charge on any atom is -0.338 e. The van der Waals surface area contributed by atoms with Crippen molar-refractivity contribution >= 4 is 5.91 Å². The molecule has 1 atom stereocenters. The number of fused-ring (bicyclic) bond motifs is 1. The van der Waals surface area contributed by atoms with E-state index in [9.17, 15) is 18.4 Å². The number of rotatable bonds is 1. The molecular formula is C14H16F2N2O2. The molecule has 1 aliphatic heterocycles. The summed E-state index contributed by atoms with van der Waals surface area (Å²) in [7, 11) is 0. The third-order valence-electron chi connectivity index (χ3n) is 4.23. The second kappa shape index (κ2) is 4.68. The highest BCUT2D eigenvalue weighted by atomic mass is 19.3. The first kappa shape index (κ1) is 13.3. The molecule has 20 heavy (non-hydrogen) atoms. The van der Waals surface area contributed by atoms with E-state index >= 15 is 0 Å². The van der Waals surface area contributed by atoms with Crippen LogP contribution < -0.4 is 5.56 Å². The van der Waals surface area contributed by atoms with Gasteiger partial charge in [0.15, 0.2) is 0 Å². The summed E-state index contributed by atoms with van der Waals surface area (Å²) in [5.41, 5.74) is 1.32. The molecule has 0 saturated heterocycles. The van der Waals surface area contributed by atoms with Crippen molar-refractivity contribution in [3.05, 3.63) is 33.7 Å². The van der Waals surface area contributed by atoms with Gasteiger partial charge in [0.25, 0.3) is 5.56 Å². The summed E-state index contributed by atoms with van der Waals surface area (Å²) >= 11 is 0. The quantitative estimate of drug-likeness (QED) is 0.852. The number of hydrogen-bond acceptors (Lipinski definition) is 2. The summed E-state index contributed by atoms with van der Waals surface area (Å²) in [5.74, 6) is -3.56. The first-order valence-electron chi connectivity index (χ1n) is 6.82. The van der Waals surface area contributed by atoms with Crippen molar-refractivity contribution in [1.29, 1.82) is 0 Å². The Balaban J connectivity index is 1.76. The Hall–Kier alpha value is -1.72. The molecule has 1 fully saturated rings. The van der Waals surface area contributed by atoms with Crippen LogP contribution in [0.5, 0.6) is 0 Å². The topological polar surface area (TPSA) is 53.2 Å². The smallest absolute Gasteiger partial charge is 0.253 e. The predicted octanol–water partition coefficient (Wildman–Crippen LogP) is 1.70. The second-order valence-corrected chi connectivity index (χ2v) is 5.62. The van der Waals surface area contributed by atoms with Gasteiger partial charge in [-0.05, 0) is 24.5 Å². The van der Waals surface area contributed by atoms with Gasteiger partial charge in [-0.2, -0.15) is 0 Å². The fraction of sp³-hybridized carbons (Fsp3) is 0.571. The van der Waals surface area contributed by atoms with Gasteiger partial charge in [-0.1, -0.05) is 0 Å². The Morgan fingerprint density at radius 2 is 2.25 bits per heavy atom. The van der Waals surface area contributed by atoms with Crippen molar-refractivity contribution in [2.45, 2.75) is 38.2 Å². The second-order valence-electron chi connectivity index (χ2n) is 5.62. The summed E-state index contributed by atoms with van der Waals surface area (Å²) < 4.78 is 26.4. The molecule has 1 aromatic rings. The standard InChI is InChI=1S/C14H16F2N2O2/c15-14(16)4-1-10(7-14)13(20)18-6-3-9-2-5-17-12(19)11(9)8-18/h2,5,10H,1,3-4,6-8H2,(H,17,19). The maximum absolute atomic E-state index is 13.2. The van der Waals surface area contributed by atoms with E-state index < -0.39 is 11.8 Å². The van der Waals surface area contributed by atoms with Gasteiger partial charge < -0.3 is 9.88 Å². The molecule has 0 spiro atoms. The molecule has 1 N–H and O–H groups in total. The van der Waals surface area contributed by atoms with Crippen molar-refractivity contribution in [1.82, 2.24) is 9.88 Å². The lowest BCUT2D eigenvalue weighted by Gasteiger charge is -2.30. The SMILES string of the molecule is O=C(C1CCC(F)(F)C1)N1CCc2cc[nH]c(=O)c2C1. The highest BCUT2D eigenvalue weighted by molar-refractivity contribution is 5.79. The zero-order chi connectivity index (χ0) is 14.3. The average Bonchev–Trinajstić information content (AvgIpc) is 2.78. The zero-order valence-corrected chi connectivity index (χ0v) is 11.0. The monoisotopic (exact) mass is 282 g/mol. The number of alkyl halides is 2. The number of hydrogen-bond donors (Lipinski definition) is 1. The molecule has 1 amide bonds. The van der Waals surface area contributed by atoms with E-state index in [0.717, 1.165) is 5.56 Å². The number of aromatic nitrogens is 1. The van der Waals surface area contributed by atoms with Gasteiger partial charge in [-0.25, -0.2) is 8.78 Å². The average molecular weight is 282 g/mol. The molecule has 1 saturated carbocycles. The highest BCUT2D eigenvalue weighted by Crippen LogP contribution is 2.40. The summed E-state index contributed by atoms with van der Waals surface area (Å²) in [6.45, 7) is 0.726. The molecule has 1 unspecified atom stereocenters. The summed E-state index contributed by atoms with van der Waals surface area (Å²) in [5, 5.41) is 0. The van der Waals surface area contributed by atoms with Gasteiger partial charge >= 0.3 is 0 Å². The molecule has 0 bridgehead atoms. The van der Waals surface area contributed by atoms with E-state index in [4.69, 9.17) is 0 Å². The van der Waals surface area contributed by atoms with E-state index in [1.54, 1.807) is 11.1 Å². The fourth-order valence-electron chi connectivity index (χ4n) is 3.09. The lowest BCUT2D eigenvalue weighted by molar-refractivity contribution is -0.137. The van der Waals surface area contributed by atoms with Crippen LogP contribution in [-0.2, 0) is 17.8 Å². The van der Waals surface area contributed by atoms with Crippen molar-refractivity contribution in [3.8, 4) is 0 Å². The van der Waals surface area contributed by atoms with Gasteiger partial charge in [0.2, 0.25) is 11.8 Å². The van der Waals surface area contributed by atoms with Crippen molar-refractivity contribution in [3.63, 3.8) is 0 Å². The minimum absolute atomic E-state index is 0.197. The number of amides is 1. The number of nitrogens with zero attached hydrogens (tertiary/aromatic N) is 1. The molecule has 4 nitrogen and oxygen atoms in total. The molecular weight excluding hydrogens is 266 g/mol. The zero-order valence-electron chi connectivity index (χ0n) is 11.0. The number of pyridine rings is 1. The van der Waals surface area contributed by atoms with Crippen LogP contribution in [0.2, 0.25) is 0 Å². The highest BCUT2D eigenvalue weighted by Gasteiger charge is 2.44. The van der Waals surface area contributed by atoms with Gasteiger partial charge in [0, 0.05) is 37.1 Å². The maximum atomic E-state index is 13.2. The Bertz CT molecular complexity index is 597. The molecule has 0 aromatic carbocycles. The van der Waals surface area contributed by atoms with Gasteiger partial charge in [-0.3, -0.25) is 9.59 Å². The van der Waals surface area contributed by atoms with E-state index in [1.165, 1.54) is 0 Å². The molecule has 0 radical (unpaired) electrons. The third-order valence-corrected chi connectivity index (χ3v) is 4.23. The van der Waals surface area contributed by atoms with Gasteiger partial charge in [0.1, 0.15) is 0 Å². The van der Waals surface area contributed by atoms with Crippen molar-refractivity contribution in [2.24, 2.45) is 5.92 Å². The summed E-state index contributed by atoms with van der Waals surface area (Å²) in [4.78, 5) is 28.2.